The number of aromatic nitrogens is 2. The first-order valence-corrected chi connectivity index (χ1v) is 6.59. The Balaban J connectivity index is 2.54. The minimum Gasteiger partial charge on any atom is -0.370 e. The fourth-order valence-corrected chi connectivity index (χ4v) is 1.85. The zero-order valence-corrected chi connectivity index (χ0v) is 11.7. The van der Waals surface area contributed by atoms with Crippen LogP contribution < -0.4 is 5.32 Å². The fourth-order valence-electron chi connectivity index (χ4n) is 1.85. The van der Waals surface area contributed by atoms with Crippen molar-refractivity contribution in [1.29, 1.82) is 0 Å². The first-order chi connectivity index (χ1) is 9.49. The highest BCUT2D eigenvalue weighted by molar-refractivity contribution is 5.62. The van der Waals surface area contributed by atoms with Crippen molar-refractivity contribution in [2.24, 2.45) is 0 Å². The number of nitrogens with one attached hydrogen (secondary N) is 1. The Morgan fingerprint density at radius 2 is 1.70 bits per heavy atom. The topological polar surface area (TPSA) is 37.8 Å². The Labute approximate surface area is 117 Å². The van der Waals surface area contributed by atoms with Crippen LogP contribution in [-0.4, -0.2) is 16.5 Å². The van der Waals surface area contributed by atoms with Crippen LogP contribution in [0.1, 0.15) is 32.5 Å². The van der Waals surface area contributed by atoms with Gasteiger partial charge in [0.2, 0.25) is 0 Å². The summed E-state index contributed by atoms with van der Waals surface area (Å²) < 4.78 is 26.6. The van der Waals surface area contributed by atoms with Crippen molar-refractivity contribution in [3.63, 3.8) is 0 Å². The molecule has 1 aromatic heterocycles. The van der Waals surface area contributed by atoms with Gasteiger partial charge in [-0.25, -0.2) is 18.7 Å². The second-order valence-electron chi connectivity index (χ2n) is 4.84. The van der Waals surface area contributed by atoms with Gasteiger partial charge in [0.1, 0.15) is 23.3 Å². The van der Waals surface area contributed by atoms with E-state index in [0.29, 0.717) is 29.4 Å². The van der Waals surface area contributed by atoms with Crippen LogP contribution in [0, 0.1) is 11.6 Å². The number of benzene rings is 1. The minimum atomic E-state index is -0.616. The standard InChI is InChI=1S/C15H17F2N3/c1-4-18-14-8-13(19-15(20-14)9(2)3)10-5-11(16)7-12(17)6-10/h5-9H,4H2,1-3H3,(H,18,19,20). The van der Waals surface area contributed by atoms with Gasteiger partial charge in [-0.15, -0.1) is 0 Å². The summed E-state index contributed by atoms with van der Waals surface area (Å²) in [6, 6.07) is 5.08. The zero-order valence-electron chi connectivity index (χ0n) is 11.7. The highest BCUT2D eigenvalue weighted by atomic mass is 19.1. The Morgan fingerprint density at radius 3 is 2.25 bits per heavy atom. The smallest absolute Gasteiger partial charge is 0.133 e. The summed E-state index contributed by atoms with van der Waals surface area (Å²) in [5, 5.41) is 3.10. The summed E-state index contributed by atoms with van der Waals surface area (Å²) in [5.74, 6) is 0.198. The van der Waals surface area contributed by atoms with E-state index in [-0.39, 0.29) is 5.92 Å². The number of hydrogen-bond acceptors (Lipinski definition) is 3. The fraction of sp³-hybridized carbons (Fsp3) is 0.333. The van der Waals surface area contributed by atoms with Crippen molar-refractivity contribution in [3.05, 3.63) is 41.7 Å². The van der Waals surface area contributed by atoms with Crippen molar-refractivity contribution in [2.75, 3.05) is 11.9 Å². The zero-order chi connectivity index (χ0) is 14.7. The number of halogens is 2. The van der Waals surface area contributed by atoms with E-state index in [0.717, 1.165) is 6.07 Å². The Bertz CT molecular complexity index is 592. The van der Waals surface area contributed by atoms with Crippen molar-refractivity contribution in [2.45, 2.75) is 26.7 Å². The van der Waals surface area contributed by atoms with Gasteiger partial charge in [-0.3, -0.25) is 0 Å². The summed E-state index contributed by atoms with van der Waals surface area (Å²) in [6.45, 7) is 6.62. The predicted octanol–water partition coefficient (Wildman–Crippen LogP) is 3.98. The maximum atomic E-state index is 13.3. The Morgan fingerprint density at radius 1 is 1.05 bits per heavy atom. The maximum absolute atomic E-state index is 13.3. The van der Waals surface area contributed by atoms with Gasteiger partial charge < -0.3 is 5.32 Å². The van der Waals surface area contributed by atoms with Gasteiger partial charge in [-0.05, 0) is 19.1 Å². The van der Waals surface area contributed by atoms with Crippen LogP contribution in [0.4, 0.5) is 14.6 Å². The molecule has 1 N–H and O–H groups in total. The first-order valence-electron chi connectivity index (χ1n) is 6.59. The lowest BCUT2D eigenvalue weighted by Gasteiger charge is -2.11. The average molecular weight is 277 g/mol. The molecule has 20 heavy (non-hydrogen) atoms. The average Bonchev–Trinajstić information content (AvgIpc) is 2.37. The molecule has 2 aromatic rings. The molecule has 0 saturated carbocycles. The normalized spacial score (nSPS) is 10.9. The Kier molecular flexibility index (Phi) is 4.27. The van der Waals surface area contributed by atoms with Gasteiger partial charge in [0.05, 0.1) is 5.69 Å². The highest BCUT2D eigenvalue weighted by Gasteiger charge is 2.11. The molecule has 0 aliphatic heterocycles. The lowest BCUT2D eigenvalue weighted by Crippen LogP contribution is -2.06. The van der Waals surface area contributed by atoms with Crippen molar-refractivity contribution in [1.82, 2.24) is 9.97 Å². The molecule has 0 fully saturated rings. The molecule has 0 saturated heterocycles. The van der Waals surface area contributed by atoms with Gasteiger partial charge in [0, 0.05) is 30.2 Å². The van der Waals surface area contributed by atoms with Crippen LogP contribution in [0.3, 0.4) is 0 Å². The molecule has 1 aromatic carbocycles. The summed E-state index contributed by atoms with van der Waals surface area (Å²) in [6.07, 6.45) is 0. The molecule has 0 atom stereocenters. The van der Waals surface area contributed by atoms with Gasteiger partial charge in [-0.2, -0.15) is 0 Å². The molecule has 0 spiro atoms. The minimum absolute atomic E-state index is 0.130. The van der Waals surface area contributed by atoms with Crippen LogP contribution in [0.15, 0.2) is 24.3 Å². The molecular formula is C15H17F2N3. The number of rotatable bonds is 4. The molecule has 0 radical (unpaired) electrons. The monoisotopic (exact) mass is 277 g/mol. The van der Waals surface area contributed by atoms with Crippen LogP contribution in [-0.2, 0) is 0 Å². The van der Waals surface area contributed by atoms with E-state index in [1.807, 2.05) is 20.8 Å². The van der Waals surface area contributed by atoms with E-state index >= 15 is 0 Å². The maximum Gasteiger partial charge on any atom is 0.133 e. The summed E-state index contributed by atoms with van der Waals surface area (Å²) in [4.78, 5) is 8.77. The molecule has 2 rings (SSSR count). The summed E-state index contributed by atoms with van der Waals surface area (Å²) in [5.41, 5.74) is 0.920. The van der Waals surface area contributed by atoms with Crippen LogP contribution in [0.2, 0.25) is 0 Å². The third kappa shape index (κ3) is 3.29. The van der Waals surface area contributed by atoms with Gasteiger partial charge in [0.25, 0.3) is 0 Å². The molecule has 3 nitrogen and oxygen atoms in total. The quantitative estimate of drug-likeness (QED) is 0.918. The molecule has 0 aliphatic rings. The van der Waals surface area contributed by atoms with Crippen molar-refractivity contribution < 1.29 is 8.78 Å². The predicted molar refractivity (Wildman–Crippen MR) is 75.6 cm³/mol. The van der Waals surface area contributed by atoms with Crippen molar-refractivity contribution in [3.8, 4) is 11.3 Å². The van der Waals surface area contributed by atoms with Crippen LogP contribution in [0.25, 0.3) is 11.3 Å². The van der Waals surface area contributed by atoms with E-state index in [9.17, 15) is 8.78 Å². The van der Waals surface area contributed by atoms with Gasteiger partial charge in [0.15, 0.2) is 0 Å². The molecule has 106 valence electrons. The van der Waals surface area contributed by atoms with E-state index < -0.39 is 11.6 Å². The number of anilines is 1. The largest absolute Gasteiger partial charge is 0.370 e. The highest BCUT2D eigenvalue weighted by Crippen LogP contribution is 2.24. The second kappa shape index (κ2) is 5.94. The van der Waals surface area contributed by atoms with Crippen molar-refractivity contribution >= 4 is 5.82 Å². The lowest BCUT2D eigenvalue weighted by molar-refractivity contribution is 0.584. The SMILES string of the molecule is CCNc1cc(-c2cc(F)cc(F)c2)nc(C(C)C)n1. The molecule has 0 unspecified atom stereocenters. The first kappa shape index (κ1) is 14.4. The number of nitrogens with zero attached hydrogens (tertiary/aromatic N) is 2. The van der Waals surface area contributed by atoms with E-state index in [1.165, 1.54) is 12.1 Å². The lowest BCUT2D eigenvalue weighted by atomic mass is 10.1. The summed E-state index contributed by atoms with van der Waals surface area (Å²) in [7, 11) is 0. The van der Waals surface area contributed by atoms with Crippen LogP contribution in [0.5, 0.6) is 0 Å². The third-order valence-corrected chi connectivity index (χ3v) is 2.78. The third-order valence-electron chi connectivity index (χ3n) is 2.78. The number of hydrogen-bond donors (Lipinski definition) is 1. The van der Waals surface area contributed by atoms with Gasteiger partial charge >= 0.3 is 0 Å². The van der Waals surface area contributed by atoms with E-state index in [2.05, 4.69) is 15.3 Å². The molecule has 0 amide bonds. The molecule has 0 aliphatic carbocycles. The summed E-state index contributed by atoms with van der Waals surface area (Å²) >= 11 is 0. The van der Waals surface area contributed by atoms with Gasteiger partial charge in [-0.1, -0.05) is 13.8 Å². The molecule has 5 heteroatoms. The van der Waals surface area contributed by atoms with E-state index in [1.54, 1.807) is 6.07 Å². The molecular weight excluding hydrogens is 260 g/mol. The molecule has 1 heterocycles. The Hall–Kier alpha value is -2.04. The second-order valence-corrected chi connectivity index (χ2v) is 4.84. The van der Waals surface area contributed by atoms with Crippen LogP contribution >= 0.6 is 0 Å². The van der Waals surface area contributed by atoms with E-state index in [4.69, 9.17) is 0 Å². The molecule has 0 bridgehead atoms.